The summed E-state index contributed by atoms with van der Waals surface area (Å²) in [5, 5.41) is 8.89. The first-order valence-corrected chi connectivity index (χ1v) is 8.19. The Balaban J connectivity index is 1.56. The molecule has 0 N–H and O–H groups in total. The first-order chi connectivity index (χ1) is 10.8. The average Bonchev–Trinajstić information content (AvgIpc) is 3.02. The molecule has 1 aliphatic carbocycles. The molecule has 1 fully saturated rings. The molecule has 1 unspecified atom stereocenters. The van der Waals surface area contributed by atoms with Crippen LogP contribution in [0.5, 0.6) is 0 Å². The van der Waals surface area contributed by atoms with Crippen molar-refractivity contribution in [2.75, 3.05) is 18.0 Å². The first kappa shape index (κ1) is 13.6. The largest absolute Gasteiger partial charge is 0.354 e. The van der Waals surface area contributed by atoms with E-state index >= 15 is 0 Å². The molecule has 2 aliphatic rings. The van der Waals surface area contributed by atoms with Gasteiger partial charge in [-0.25, -0.2) is 9.97 Å². The van der Waals surface area contributed by atoms with E-state index in [9.17, 15) is 0 Å². The second kappa shape index (κ2) is 5.63. The van der Waals surface area contributed by atoms with Gasteiger partial charge in [-0.15, -0.1) is 5.10 Å². The van der Waals surface area contributed by atoms with E-state index in [-0.39, 0.29) is 0 Å². The normalized spacial score (nSPS) is 21.0. The Morgan fingerprint density at radius 3 is 3.05 bits per heavy atom. The fraction of sp³-hybridized carbons (Fsp3) is 0.529. The van der Waals surface area contributed by atoms with Crippen molar-refractivity contribution in [2.45, 2.75) is 44.9 Å². The third kappa shape index (κ3) is 2.56. The summed E-state index contributed by atoms with van der Waals surface area (Å²) in [4.78, 5) is 11.2. The number of nitrogens with zero attached hydrogens (tertiary/aromatic N) is 5. The Kier molecular flexibility index (Phi) is 3.48. The summed E-state index contributed by atoms with van der Waals surface area (Å²) in [5.41, 5.74) is 3.75. The molecule has 0 aromatic carbocycles. The predicted octanol–water partition coefficient (Wildman–Crippen LogP) is 2.45. The molecule has 3 heterocycles. The molecule has 22 heavy (non-hydrogen) atoms. The summed E-state index contributed by atoms with van der Waals surface area (Å²) >= 11 is 0. The maximum Gasteiger partial charge on any atom is 0.151 e. The quantitative estimate of drug-likeness (QED) is 0.852. The first-order valence-electron chi connectivity index (χ1n) is 8.19. The summed E-state index contributed by atoms with van der Waals surface area (Å²) in [5.74, 6) is 2.36. The average molecular weight is 295 g/mol. The lowest BCUT2D eigenvalue weighted by molar-refractivity contribution is 0.495. The van der Waals surface area contributed by atoms with E-state index in [2.05, 4.69) is 37.2 Å². The lowest BCUT2D eigenvalue weighted by Gasteiger charge is -2.33. The molecule has 114 valence electrons. The molecule has 1 aliphatic heterocycles. The van der Waals surface area contributed by atoms with Crippen LogP contribution < -0.4 is 4.90 Å². The number of fused-ring (bicyclic) bond motifs is 1. The Morgan fingerprint density at radius 1 is 1.18 bits per heavy atom. The smallest absolute Gasteiger partial charge is 0.151 e. The van der Waals surface area contributed by atoms with Crippen molar-refractivity contribution in [1.29, 1.82) is 0 Å². The van der Waals surface area contributed by atoms with Crippen LogP contribution in [0.15, 0.2) is 18.3 Å². The van der Waals surface area contributed by atoms with Gasteiger partial charge in [-0.1, -0.05) is 0 Å². The minimum atomic E-state index is 0.463. The molecule has 0 spiro atoms. The van der Waals surface area contributed by atoms with Gasteiger partial charge in [0.1, 0.15) is 5.82 Å². The van der Waals surface area contributed by atoms with Crippen molar-refractivity contribution in [3.05, 3.63) is 41.1 Å². The minimum Gasteiger partial charge on any atom is -0.354 e. The fourth-order valence-corrected chi connectivity index (χ4v) is 3.60. The highest BCUT2D eigenvalue weighted by Gasteiger charge is 2.25. The Morgan fingerprint density at radius 2 is 2.14 bits per heavy atom. The highest BCUT2D eigenvalue weighted by atomic mass is 15.3. The summed E-state index contributed by atoms with van der Waals surface area (Å²) in [7, 11) is 0. The maximum absolute atomic E-state index is 4.61. The van der Waals surface area contributed by atoms with Gasteiger partial charge in [0.15, 0.2) is 5.82 Å². The summed E-state index contributed by atoms with van der Waals surface area (Å²) in [6, 6.07) is 4.30. The Bertz CT molecular complexity index is 684. The van der Waals surface area contributed by atoms with E-state index in [4.69, 9.17) is 0 Å². The third-order valence-electron chi connectivity index (χ3n) is 4.77. The van der Waals surface area contributed by atoms with Gasteiger partial charge in [-0.05, 0) is 56.7 Å². The van der Waals surface area contributed by atoms with Crippen LogP contribution in [0.2, 0.25) is 0 Å². The molecule has 4 rings (SSSR count). The molecule has 2 aromatic heterocycles. The zero-order valence-electron chi connectivity index (χ0n) is 13.0. The van der Waals surface area contributed by atoms with Gasteiger partial charge in [0.05, 0.1) is 5.69 Å². The number of anilines is 1. The zero-order valence-corrected chi connectivity index (χ0v) is 13.0. The van der Waals surface area contributed by atoms with Gasteiger partial charge in [-0.2, -0.15) is 5.10 Å². The van der Waals surface area contributed by atoms with Crippen LogP contribution in [0.4, 0.5) is 5.82 Å². The van der Waals surface area contributed by atoms with Crippen LogP contribution in [0.1, 0.15) is 48.0 Å². The second-order valence-corrected chi connectivity index (χ2v) is 6.34. The van der Waals surface area contributed by atoms with Gasteiger partial charge < -0.3 is 4.90 Å². The lowest BCUT2D eigenvalue weighted by Crippen LogP contribution is -2.35. The van der Waals surface area contributed by atoms with E-state index in [1.54, 1.807) is 0 Å². The maximum atomic E-state index is 4.61. The Hall–Kier alpha value is -2.04. The fourth-order valence-electron chi connectivity index (χ4n) is 3.60. The van der Waals surface area contributed by atoms with Gasteiger partial charge in [0, 0.05) is 30.9 Å². The highest BCUT2D eigenvalue weighted by molar-refractivity contribution is 5.43. The van der Waals surface area contributed by atoms with Crippen LogP contribution in [0.25, 0.3) is 0 Å². The second-order valence-electron chi connectivity index (χ2n) is 6.34. The van der Waals surface area contributed by atoms with Gasteiger partial charge in [0.2, 0.25) is 0 Å². The molecular weight excluding hydrogens is 274 g/mol. The third-order valence-corrected chi connectivity index (χ3v) is 4.77. The number of aryl methyl sites for hydroxylation is 3. The van der Waals surface area contributed by atoms with Crippen molar-refractivity contribution in [1.82, 2.24) is 20.2 Å². The topological polar surface area (TPSA) is 54.8 Å². The van der Waals surface area contributed by atoms with Gasteiger partial charge in [-0.3, -0.25) is 0 Å². The van der Waals surface area contributed by atoms with Gasteiger partial charge in [0.25, 0.3) is 0 Å². The van der Waals surface area contributed by atoms with Crippen LogP contribution in [0.3, 0.4) is 0 Å². The molecule has 0 saturated carbocycles. The Labute approximate surface area is 130 Å². The highest BCUT2D eigenvalue weighted by Crippen LogP contribution is 2.29. The van der Waals surface area contributed by atoms with Crippen LogP contribution in [-0.4, -0.2) is 33.3 Å². The number of hydrogen-bond acceptors (Lipinski definition) is 5. The molecule has 0 radical (unpaired) electrons. The van der Waals surface area contributed by atoms with Crippen molar-refractivity contribution in [3.8, 4) is 0 Å². The number of rotatable bonds is 2. The monoisotopic (exact) mass is 295 g/mol. The lowest BCUT2D eigenvalue weighted by atomic mass is 9.94. The molecule has 1 saturated heterocycles. The SMILES string of the molecule is Cc1nccc(C2CCCN(c3cc4c(nn3)CCC4)C2)n1. The molecule has 5 nitrogen and oxygen atoms in total. The summed E-state index contributed by atoms with van der Waals surface area (Å²) < 4.78 is 0. The van der Waals surface area contributed by atoms with Crippen molar-refractivity contribution >= 4 is 5.82 Å². The standard InChI is InChI=1S/C17H21N5/c1-12-18-8-7-15(19-12)14-5-3-9-22(11-14)17-10-13-4-2-6-16(13)20-21-17/h7-8,10,14H,2-6,9,11H2,1H3. The summed E-state index contributed by atoms with van der Waals surface area (Å²) in [6.45, 7) is 3.99. The van der Waals surface area contributed by atoms with Crippen molar-refractivity contribution in [3.63, 3.8) is 0 Å². The van der Waals surface area contributed by atoms with Crippen LogP contribution in [0, 0.1) is 6.92 Å². The zero-order chi connectivity index (χ0) is 14.9. The molecular formula is C17H21N5. The molecule has 0 amide bonds. The van der Waals surface area contributed by atoms with Crippen LogP contribution in [-0.2, 0) is 12.8 Å². The predicted molar refractivity (Wildman–Crippen MR) is 85.0 cm³/mol. The van der Waals surface area contributed by atoms with E-state index < -0.39 is 0 Å². The van der Waals surface area contributed by atoms with Crippen molar-refractivity contribution in [2.24, 2.45) is 0 Å². The summed E-state index contributed by atoms with van der Waals surface area (Å²) in [6.07, 6.45) is 7.69. The minimum absolute atomic E-state index is 0.463. The van der Waals surface area contributed by atoms with E-state index in [1.807, 2.05) is 13.1 Å². The van der Waals surface area contributed by atoms with E-state index in [0.717, 1.165) is 43.3 Å². The molecule has 5 heteroatoms. The van der Waals surface area contributed by atoms with E-state index in [0.29, 0.717) is 5.92 Å². The van der Waals surface area contributed by atoms with Crippen LogP contribution >= 0.6 is 0 Å². The van der Waals surface area contributed by atoms with E-state index in [1.165, 1.54) is 30.5 Å². The number of piperidine rings is 1. The number of aromatic nitrogens is 4. The van der Waals surface area contributed by atoms with Gasteiger partial charge >= 0.3 is 0 Å². The molecule has 2 aromatic rings. The number of hydrogen-bond donors (Lipinski definition) is 0. The molecule has 0 bridgehead atoms. The molecule has 1 atom stereocenters. The van der Waals surface area contributed by atoms with Crippen molar-refractivity contribution < 1.29 is 0 Å².